The molecule has 4 N–H and O–H groups in total. The van der Waals surface area contributed by atoms with Gasteiger partial charge in [0, 0.05) is 25.1 Å². The Morgan fingerprint density at radius 1 is 1.19 bits per heavy atom. The Hall–Kier alpha value is -1.73. The highest BCUT2D eigenvalue weighted by Gasteiger charge is 2.22. The van der Waals surface area contributed by atoms with Crippen LogP contribution in [0.3, 0.4) is 0 Å². The summed E-state index contributed by atoms with van der Waals surface area (Å²) < 4.78 is 0. The topological polar surface area (TPSA) is 121 Å². The van der Waals surface area contributed by atoms with Gasteiger partial charge in [-0.3, -0.25) is 19.3 Å². The molecule has 1 heterocycles. The summed E-state index contributed by atoms with van der Waals surface area (Å²) in [7, 11) is 0. The first-order chi connectivity index (χ1) is 7.52. The number of hydrogen-bond donors (Lipinski definition) is 3. The third-order valence-electron chi connectivity index (χ3n) is 1.58. The van der Waals surface area contributed by atoms with Gasteiger partial charge in [-0.05, 0) is 0 Å². The van der Waals surface area contributed by atoms with E-state index in [1.807, 2.05) is 0 Å². The molecule has 0 fully saturated rings. The number of nitrogens with zero attached hydrogens (tertiary/aromatic N) is 1. The van der Waals surface area contributed by atoms with Crippen molar-refractivity contribution >= 4 is 17.7 Å². The quantitative estimate of drug-likeness (QED) is 0.471. The fourth-order valence-electron chi connectivity index (χ4n) is 0.874. The first-order valence-corrected chi connectivity index (χ1v) is 4.56. The number of hydrogen-bond acceptors (Lipinski definition) is 5. The smallest absolute Gasteiger partial charge is 0.253 e. The second-order valence-electron chi connectivity index (χ2n) is 2.82. The molecule has 0 bridgehead atoms. The lowest BCUT2D eigenvalue weighted by molar-refractivity contribution is -0.137. The normalized spacial score (nSPS) is 13.8. The highest BCUT2D eigenvalue weighted by Crippen LogP contribution is 2.03. The summed E-state index contributed by atoms with van der Waals surface area (Å²) in [5.74, 6) is -1.30. The van der Waals surface area contributed by atoms with Crippen LogP contribution in [0, 0.1) is 0 Å². The van der Waals surface area contributed by atoms with Gasteiger partial charge in [-0.2, -0.15) is 0 Å². The van der Waals surface area contributed by atoms with Crippen LogP contribution in [0.5, 0.6) is 0 Å². The maximum absolute atomic E-state index is 10.9. The minimum absolute atomic E-state index is 0.0131. The SMILES string of the molecule is NC(=O)CCN1C(=O)C=CC1=O.OCCO. The molecule has 90 valence electrons. The van der Waals surface area contributed by atoms with E-state index in [4.69, 9.17) is 15.9 Å². The molecule has 1 rings (SSSR count). The Labute approximate surface area is 92.1 Å². The van der Waals surface area contributed by atoms with Crippen molar-refractivity contribution in [1.29, 1.82) is 0 Å². The van der Waals surface area contributed by atoms with Crippen LogP contribution in [0.4, 0.5) is 0 Å². The van der Waals surface area contributed by atoms with E-state index >= 15 is 0 Å². The van der Waals surface area contributed by atoms with Crippen molar-refractivity contribution in [2.45, 2.75) is 6.42 Å². The van der Waals surface area contributed by atoms with E-state index in [0.29, 0.717) is 0 Å². The third kappa shape index (κ3) is 5.23. The van der Waals surface area contributed by atoms with Gasteiger partial charge in [0.25, 0.3) is 11.8 Å². The van der Waals surface area contributed by atoms with Crippen molar-refractivity contribution in [2.75, 3.05) is 19.8 Å². The molecule has 0 aromatic carbocycles. The number of imide groups is 1. The molecule has 0 radical (unpaired) electrons. The first-order valence-electron chi connectivity index (χ1n) is 4.56. The van der Waals surface area contributed by atoms with Crippen LogP contribution in [0.25, 0.3) is 0 Å². The van der Waals surface area contributed by atoms with Crippen LogP contribution in [-0.2, 0) is 14.4 Å². The summed E-state index contributed by atoms with van der Waals surface area (Å²) in [6.07, 6.45) is 2.35. The zero-order chi connectivity index (χ0) is 12.6. The van der Waals surface area contributed by atoms with E-state index in [0.717, 1.165) is 4.90 Å². The molecule has 0 aliphatic carbocycles. The molecule has 0 unspecified atom stereocenters. The second kappa shape index (κ2) is 7.55. The molecule has 7 nitrogen and oxygen atoms in total. The minimum atomic E-state index is -0.525. The van der Waals surface area contributed by atoms with E-state index in [1.165, 1.54) is 12.2 Å². The summed E-state index contributed by atoms with van der Waals surface area (Å²) in [5.41, 5.74) is 4.85. The molecule has 0 aromatic rings. The lowest BCUT2D eigenvalue weighted by Gasteiger charge is -2.11. The van der Waals surface area contributed by atoms with Gasteiger partial charge in [0.05, 0.1) is 13.2 Å². The molecular weight excluding hydrogens is 216 g/mol. The number of aliphatic hydroxyl groups is 2. The van der Waals surface area contributed by atoms with Crippen molar-refractivity contribution in [3.05, 3.63) is 12.2 Å². The van der Waals surface area contributed by atoms with Crippen molar-refractivity contribution < 1.29 is 24.6 Å². The Morgan fingerprint density at radius 2 is 1.62 bits per heavy atom. The van der Waals surface area contributed by atoms with Crippen molar-refractivity contribution in [3.8, 4) is 0 Å². The number of carbonyl (C=O) groups excluding carboxylic acids is 3. The van der Waals surface area contributed by atoms with Crippen LogP contribution in [-0.4, -0.2) is 52.6 Å². The van der Waals surface area contributed by atoms with Crippen LogP contribution in [0.2, 0.25) is 0 Å². The number of nitrogens with two attached hydrogens (primary N) is 1. The fourth-order valence-corrected chi connectivity index (χ4v) is 0.874. The lowest BCUT2D eigenvalue weighted by atomic mass is 10.4. The third-order valence-corrected chi connectivity index (χ3v) is 1.58. The number of carbonyl (C=O) groups is 3. The Balaban J connectivity index is 0.000000487. The number of aliphatic hydroxyl groups excluding tert-OH is 2. The van der Waals surface area contributed by atoms with E-state index in [1.54, 1.807) is 0 Å². The molecule has 7 heteroatoms. The van der Waals surface area contributed by atoms with Crippen LogP contribution in [0.15, 0.2) is 12.2 Å². The van der Waals surface area contributed by atoms with Gasteiger partial charge in [-0.15, -0.1) is 0 Å². The van der Waals surface area contributed by atoms with Gasteiger partial charge in [-0.1, -0.05) is 0 Å². The zero-order valence-electron chi connectivity index (χ0n) is 8.63. The van der Waals surface area contributed by atoms with E-state index in [-0.39, 0.29) is 38.0 Å². The standard InChI is InChI=1S/C7H8N2O3.C2H6O2/c8-5(10)3-4-9-6(11)1-2-7(9)12;3-1-2-4/h1-2H,3-4H2,(H2,8,10);3-4H,1-2H2. The molecule has 1 aliphatic heterocycles. The number of amides is 3. The Morgan fingerprint density at radius 3 is 1.94 bits per heavy atom. The van der Waals surface area contributed by atoms with E-state index < -0.39 is 5.91 Å². The Kier molecular flexibility index (Phi) is 6.73. The molecule has 0 spiro atoms. The number of rotatable bonds is 4. The van der Waals surface area contributed by atoms with Gasteiger partial charge >= 0.3 is 0 Å². The van der Waals surface area contributed by atoms with Crippen LogP contribution < -0.4 is 5.73 Å². The molecule has 0 saturated carbocycles. The molecule has 16 heavy (non-hydrogen) atoms. The van der Waals surface area contributed by atoms with Gasteiger partial charge in [-0.25, -0.2) is 0 Å². The lowest BCUT2D eigenvalue weighted by Crippen LogP contribution is -2.33. The predicted octanol–water partition coefficient (Wildman–Crippen LogP) is -2.24. The van der Waals surface area contributed by atoms with Crippen molar-refractivity contribution in [1.82, 2.24) is 4.90 Å². The fraction of sp³-hybridized carbons (Fsp3) is 0.444. The molecule has 0 atom stereocenters. The predicted molar refractivity (Wildman–Crippen MR) is 53.8 cm³/mol. The van der Waals surface area contributed by atoms with Gasteiger partial charge in [0.2, 0.25) is 5.91 Å². The van der Waals surface area contributed by atoms with E-state index in [9.17, 15) is 14.4 Å². The molecule has 0 aromatic heterocycles. The largest absolute Gasteiger partial charge is 0.394 e. The monoisotopic (exact) mass is 230 g/mol. The summed E-state index contributed by atoms with van der Waals surface area (Å²) in [6, 6.07) is 0. The summed E-state index contributed by atoms with van der Waals surface area (Å²) in [5, 5.41) is 15.2. The molecular formula is C9H14N2O5. The van der Waals surface area contributed by atoms with Crippen LogP contribution in [0.1, 0.15) is 6.42 Å². The second-order valence-corrected chi connectivity index (χ2v) is 2.82. The van der Waals surface area contributed by atoms with Gasteiger partial charge < -0.3 is 15.9 Å². The number of primary amides is 1. The summed E-state index contributed by atoms with van der Waals surface area (Å²) in [6.45, 7) is -0.181. The summed E-state index contributed by atoms with van der Waals surface area (Å²) in [4.78, 5) is 33.0. The van der Waals surface area contributed by atoms with Gasteiger partial charge in [0.1, 0.15) is 0 Å². The average Bonchev–Trinajstić information content (AvgIpc) is 2.56. The highest BCUT2D eigenvalue weighted by molar-refractivity contribution is 6.13. The first kappa shape index (κ1) is 14.3. The zero-order valence-corrected chi connectivity index (χ0v) is 8.63. The molecule has 3 amide bonds. The van der Waals surface area contributed by atoms with Crippen molar-refractivity contribution in [2.24, 2.45) is 5.73 Å². The minimum Gasteiger partial charge on any atom is -0.394 e. The molecule has 1 aliphatic rings. The highest BCUT2D eigenvalue weighted by atomic mass is 16.3. The molecule has 0 saturated heterocycles. The maximum atomic E-state index is 10.9. The van der Waals surface area contributed by atoms with E-state index in [2.05, 4.69) is 0 Å². The average molecular weight is 230 g/mol. The Bertz CT molecular complexity index is 280. The van der Waals surface area contributed by atoms with Gasteiger partial charge in [0.15, 0.2) is 0 Å². The van der Waals surface area contributed by atoms with Crippen molar-refractivity contribution in [3.63, 3.8) is 0 Å². The summed E-state index contributed by atoms with van der Waals surface area (Å²) >= 11 is 0. The van der Waals surface area contributed by atoms with Crippen LogP contribution >= 0.6 is 0 Å². The maximum Gasteiger partial charge on any atom is 0.253 e.